The van der Waals surface area contributed by atoms with E-state index in [1.54, 1.807) is 6.20 Å². The number of aliphatic hydroxyl groups excluding tert-OH is 2. The first-order valence-electron chi connectivity index (χ1n) is 4.84. The highest BCUT2D eigenvalue weighted by molar-refractivity contribution is 4.94. The molecule has 0 amide bonds. The van der Waals surface area contributed by atoms with Crippen LogP contribution >= 0.6 is 0 Å². The molecule has 80 valence electrons. The van der Waals surface area contributed by atoms with Crippen molar-refractivity contribution in [2.75, 3.05) is 0 Å². The maximum Gasteiger partial charge on any atom is 0.111 e. The number of aliphatic hydroxyl groups is 2. The van der Waals surface area contributed by atoms with Gasteiger partial charge in [-0.25, -0.2) is 4.98 Å². The summed E-state index contributed by atoms with van der Waals surface area (Å²) in [6.45, 7) is 3.76. The third kappa shape index (κ3) is 2.56. The van der Waals surface area contributed by atoms with Gasteiger partial charge in [0.25, 0.3) is 0 Å². The van der Waals surface area contributed by atoms with Gasteiger partial charge in [-0.2, -0.15) is 0 Å². The molecule has 0 aliphatic heterocycles. The molecule has 0 radical (unpaired) electrons. The molecule has 0 aliphatic rings. The van der Waals surface area contributed by atoms with Crippen molar-refractivity contribution in [3.05, 3.63) is 18.2 Å². The molecule has 2 unspecified atom stereocenters. The number of rotatable bonds is 4. The molecule has 0 spiro atoms. The first kappa shape index (κ1) is 11.2. The number of aromatic nitrogens is 2. The molecular weight excluding hydrogens is 180 g/mol. The van der Waals surface area contributed by atoms with Crippen molar-refractivity contribution >= 4 is 0 Å². The first-order valence-corrected chi connectivity index (χ1v) is 4.84. The van der Waals surface area contributed by atoms with Crippen molar-refractivity contribution < 1.29 is 10.2 Å². The van der Waals surface area contributed by atoms with Crippen molar-refractivity contribution in [3.8, 4) is 0 Å². The van der Waals surface area contributed by atoms with Gasteiger partial charge in [-0.05, 0) is 5.92 Å². The van der Waals surface area contributed by atoms with E-state index in [1.165, 1.54) is 0 Å². The van der Waals surface area contributed by atoms with Gasteiger partial charge < -0.3 is 14.8 Å². The summed E-state index contributed by atoms with van der Waals surface area (Å²) in [5.41, 5.74) is 0. The topological polar surface area (TPSA) is 58.3 Å². The number of hydrogen-bond donors (Lipinski definition) is 2. The lowest BCUT2D eigenvalue weighted by atomic mass is 9.99. The van der Waals surface area contributed by atoms with Gasteiger partial charge in [0.05, 0.1) is 12.2 Å². The van der Waals surface area contributed by atoms with Gasteiger partial charge >= 0.3 is 0 Å². The second-order valence-electron chi connectivity index (χ2n) is 3.96. The van der Waals surface area contributed by atoms with E-state index in [9.17, 15) is 10.2 Å². The van der Waals surface area contributed by atoms with Gasteiger partial charge in [0.15, 0.2) is 0 Å². The molecule has 0 fully saturated rings. The Bertz CT molecular complexity index is 283. The smallest absolute Gasteiger partial charge is 0.111 e. The van der Waals surface area contributed by atoms with Crippen molar-refractivity contribution in [3.63, 3.8) is 0 Å². The number of imidazole rings is 1. The summed E-state index contributed by atoms with van der Waals surface area (Å²) < 4.78 is 1.84. The predicted molar refractivity (Wildman–Crippen MR) is 53.8 cm³/mol. The first-order chi connectivity index (χ1) is 6.52. The van der Waals surface area contributed by atoms with E-state index in [0.29, 0.717) is 6.42 Å². The molecule has 0 aromatic carbocycles. The standard InChI is InChI=1S/C10H18N2O2/c1-7(2)10(14)8(13)6-9-11-4-5-12(9)3/h4-5,7-8,10,13-14H,6H2,1-3H3. The Hall–Kier alpha value is -0.870. The highest BCUT2D eigenvalue weighted by Gasteiger charge is 2.21. The van der Waals surface area contributed by atoms with Gasteiger partial charge in [0.1, 0.15) is 5.82 Å². The normalized spacial score (nSPS) is 15.9. The van der Waals surface area contributed by atoms with Crippen LogP contribution in [-0.4, -0.2) is 32.0 Å². The molecule has 2 atom stereocenters. The van der Waals surface area contributed by atoms with Crippen LogP contribution in [-0.2, 0) is 13.5 Å². The Morgan fingerprint density at radius 1 is 1.43 bits per heavy atom. The minimum atomic E-state index is -0.740. The zero-order chi connectivity index (χ0) is 10.7. The van der Waals surface area contributed by atoms with Crippen LogP contribution in [0, 0.1) is 5.92 Å². The van der Waals surface area contributed by atoms with Gasteiger partial charge in [-0.3, -0.25) is 0 Å². The monoisotopic (exact) mass is 198 g/mol. The van der Waals surface area contributed by atoms with E-state index >= 15 is 0 Å². The van der Waals surface area contributed by atoms with Crippen molar-refractivity contribution in [2.45, 2.75) is 32.5 Å². The van der Waals surface area contributed by atoms with Crippen molar-refractivity contribution in [1.29, 1.82) is 0 Å². The molecule has 0 aliphatic carbocycles. The van der Waals surface area contributed by atoms with E-state index in [1.807, 2.05) is 31.7 Å². The number of nitrogens with zero attached hydrogens (tertiary/aromatic N) is 2. The van der Waals surface area contributed by atoms with E-state index in [2.05, 4.69) is 4.98 Å². The molecule has 0 bridgehead atoms. The minimum Gasteiger partial charge on any atom is -0.390 e. The molecule has 0 saturated carbocycles. The van der Waals surface area contributed by atoms with Crippen LogP contribution in [0.2, 0.25) is 0 Å². The Kier molecular flexibility index (Phi) is 3.66. The van der Waals surface area contributed by atoms with Crippen LogP contribution in [0.25, 0.3) is 0 Å². The summed E-state index contributed by atoms with van der Waals surface area (Å²) >= 11 is 0. The highest BCUT2D eigenvalue weighted by atomic mass is 16.3. The quantitative estimate of drug-likeness (QED) is 0.733. The van der Waals surface area contributed by atoms with Gasteiger partial charge in [0.2, 0.25) is 0 Å². The average molecular weight is 198 g/mol. The Labute approximate surface area is 84.2 Å². The molecule has 4 nitrogen and oxygen atoms in total. The molecule has 1 aromatic heterocycles. The molecule has 1 aromatic rings. The van der Waals surface area contributed by atoms with Crippen LogP contribution in [0.3, 0.4) is 0 Å². The number of hydrogen-bond acceptors (Lipinski definition) is 3. The summed E-state index contributed by atoms with van der Waals surface area (Å²) in [7, 11) is 1.87. The molecule has 1 heterocycles. The predicted octanol–water partition coefficient (Wildman–Crippen LogP) is 0.340. The summed E-state index contributed by atoms with van der Waals surface area (Å²) in [6, 6.07) is 0. The van der Waals surface area contributed by atoms with Gasteiger partial charge in [-0.1, -0.05) is 13.8 Å². The lowest BCUT2D eigenvalue weighted by Crippen LogP contribution is -2.33. The minimum absolute atomic E-state index is 0.0604. The van der Waals surface area contributed by atoms with Crippen LogP contribution < -0.4 is 0 Å². The van der Waals surface area contributed by atoms with Gasteiger partial charge in [-0.15, -0.1) is 0 Å². The summed E-state index contributed by atoms with van der Waals surface area (Å²) in [5, 5.41) is 19.3. The summed E-state index contributed by atoms with van der Waals surface area (Å²) in [5.74, 6) is 0.850. The highest BCUT2D eigenvalue weighted by Crippen LogP contribution is 2.10. The lowest BCUT2D eigenvalue weighted by molar-refractivity contribution is -0.00856. The lowest BCUT2D eigenvalue weighted by Gasteiger charge is -2.20. The maximum absolute atomic E-state index is 9.68. The third-order valence-electron chi connectivity index (χ3n) is 2.39. The Morgan fingerprint density at radius 2 is 2.07 bits per heavy atom. The molecule has 14 heavy (non-hydrogen) atoms. The zero-order valence-corrected chi connectivity index (χ0v) is 8.88. The summed E-state index contributed by atoms with van der Waals surface area (Å²) in [6.07, 6.45) is 2.47. The fraction of sp³-hybridized carbons (Fsp3) is 0.700. The molecule has 4 heteroatoms. The summed E-state index contributed by atoms with van der Waals surface area (Å²) in [4.78, 5) is 4.09. The SMILES string of the molecule is CC(C)C(O)C(O)Cc1nccn1C. The second-order valence-corrected chi connectivity index (χ2v) is 3.96. The van der Waals surface area contributed by atoms with E-state index < -0.39 is 12.2 Å². The second kappa shape index (κ2) is 4.57. The fourth-order valence-electron chi connectivity index (χ4n) is 1.35. The largest absolute Gasteiger partial charge is 0.390 e. The fourth-order valence-corrected chi connectivity index (χ4v) is 1.35. The Morgan fingerprint density at radius 3 is 2.50 bits per heavy atom. The number of aryl methyl sites for hydroxylation is 1. The van der Waals surface area contributed by atoms with E-state index in [4.69, 9.17) is 0 Å². The van der Waals surface area contributed by atoms with Crippen molar-refractivity contribution in [1.82, 2.24) is 9.55 Å². The average Bonchev–Trinajstić information content (AvgIpc) is 2.50. The molecule has 1 rings (SSSR count). The van der Waals surface area contributed by atoms with E-state index in [0.717, 1.165) is 5.82 Å². The zero-order valence-electron chi connectivity index (χ0n) is 8.88. The van der Waals surface area contributed by atoms with Gasteiger partial charge in [0, 0.05) is 25.9 Å². The van der Waals surface area contributed by atoms with Crippen LogP contribution in [0.5, 0.6) is 0 Å². The molecule has 2 N–H and O–H groups in total. The molecule has 0 saturated heterocycles. The maximum atomic E-state index is 9.68. The van der Waals surface area contributed by atoms with Crippen molar-refractivity contribution in [2.24, 2.45) is 13.0 Å². The third-order valence-corrected chi connectivity index (χ3v) is 2.39. The van der Waals surface area contributed by atoms with Crippen LogP contribution in [0.4, 0.5) is 0 Å². The Balaban J connectivity index is 2.57. The molecular formula is C10H18N2O2. The van der Waals surface area contributed by atoms with Crippen LogP contribution in [0.15, 0.2) is 12.4 Å². The van der Waals surface area contributed by atoms with Crippen LogP contribution in [0.1, 0.15) is 19.7 Å². The van der Waals surface area contributed by atoms with E-state index in [-0.39, 0.29) is 5.92 Å².